The zero-order valence-corrected chi connectivity index (χ0v) is 40.5. The molecule has 0 aromatic heterocycles. The molecule has 5 heteroatoms. The summed E-state index contributed by atoms with van der Waals surface area (Å²) in [7, 11) is 0. The molecule has 5 nitrogen and oxygen atoms in total. The first kappa shape index (κ1) is 58.1. The molecule has 0 aliphatic heterocycles. The Labute approximate surface area is 374 Å². The van der Waals surface area contributed by atoms with Crippen molar-refractivity contribution in [2.24, 2.45) is 0 Å². The van der Waals surface area contributed by atoms with Gasteiger partial charge in [0.05, 0.1) is 0 Å². The van der Waals surface area contributed by atoms with Crippen LogP contribution in [0.5, 0.6) is 0 Å². The van der Waals surface area contributed by atoms with E-state index in [0.717, 1.165) is 70.6 Å². The first-order valence-corrected chi connectivity index (χ1v) is 26.5. The highest BCUT2D eigenvalue weighted by atomic mass is 16.6. The van der Waals surface area contributed by atoms with E-state index in [4.69, 9.17) is 14.2 Å². The predicted molar refractivity (Wildman–Crippen MR) is 261 cm³/mol. The van der Waals surface area contributed by atoms with Crippen LogP contribution in [0.2, 0.25) is 0 Å². The number of carbonyl (C=O) groups is 2. The molecule has 0 radical (unpaired) electrons. The Hall–Kier alpha value is -1.88. The van der Waals surface area contributed by atoms with Crippen LogP contribution in [-0.2, 0) is 23.8 Å². The minimum Gasteiger partial charge on any atom is -0.463 e. The molecule has 0 aromatic rings. The Bertz CT molecular complexity index is 955. The van der Waals surface area contributed by atoms with Crippen molar-refractivity contribution in [1.82, 2.24) is 0 Å². The molecular weight excluding hydrogens is 741 g/mol. The van der Waals surface area contributed by atoms with E-state index >= 15 is 0 Å². The van der Waals surface area contributed by atoms with Crippen molar-refractivity contribution < 1.29 is 23.8 Å². The van der Waals surface area contributed by atoms with E-state index in [1.807, 2.05) is 0 Å². The fourth-order valence-corrected chi connectivity index (χ4v) is 7.67. The van der Waals surface area contributed by atoms with E-state index in [1.54, 1.807) is 0 Å². The largest absolute Gasteiger partial charge is 0.463 e. The zero-order valence-electron chi connectivity index (χ0n) is 40.5. The molecule has 352 valence electrons. The maximum atomic E-state index is 12.6. The average molecular weight is 843 g/mol. The summed E-state index contributed by atoms with van der Waals surface area (Å²) in [5, 5.41) is 0. The van der Waals surface area contributed by atoms with Crippen molar-refractivity contribution in [3.63, 3.8) is 0 Å². The van der Waals surface area contributed by atoms with E-state index in [1.165, 1.54) is 173 Å². The molecule has 0 heterocycles. The second-order valence-electron chi connectivity index (χ2n) is 17.8. The van der Waals surface area contributed by atoms with Crippen LogP contribution in [0.3, 0.4) is 0 Å². The molecule has 0 saturated carbocycles. The Balaban J connectivity index is 4.24. The van der Waals surface area contributed by atoms with E-state index in [9.17, 15) is 9.59 Å². The normalized spacial score (nSPS) is 12.4. The molecule has 0 aliphatic rings. The third-order valence-electron chi connectivity index (χ3n) is 11.7. The Kier molecular flexibility index (Phi) is 49.9. The first-order valence-electron chi connectivity index (χ1n) is 26.5. The van der Waals surface area contributed by atoms with Gasteiger partial charge in [0.15, 0.2) is 0 Å². The highest BCUT2D eigenvalue weighted by molar-refractivity contribution is 5.69. The summed E-state index contributed by atoms with van der Waals surface area (Å²) in [5.74, 6) is -0.346. The smallest absolute Gasteiger partial charge is 0.305 e. The Morgan fingerprint density at radius 3 is 1.02 bits per heavy atom. The summed E-state index contributed by atoms with van der Waals surface area (Å²) in [4.78, 5) is 25.2. The quantitative estimate of drug-likeness (QED) is 0.0347. The van der Waals surface area contributed by atoms with Crippen molar-refractivity contribution in [1.29, 1.82) is 0 Å². The van der Waals surface area contributed by atoms with Crippen molar-refractivity contribution in [3.05, 3.63) is 36.5 Å². The fraction of sp³-hybridized carbons (Fsp3) is 0.855. The van der Waals surface area contributed by atoms with Gasteiger partial charge in [-0.3, -0.25) is 9.59 Å². The number of carbonyl (C=O) groups excluding carboxylic acids is 2. The molecule has 0 aromatic carbocycles. The SMILES string of the molecule is CCCCC/C=C\C/C=C\C/C=C\CCCCCCC(=O)OC[C@H](COC(=O)CCCCCCCCCCCCC)OCCCCCCCCCCCCCCCCCC. The van der Waals surface area contributed by atoms with Crippen molar-refractivity contribution >= 4 is 11.9 Å². The molecule has 1 atom stereocenters. The van der Waals surface area contributed by atoms with Gasteiger partial charge in [-0.1, -0.05) is 243 Å². The van der Waals surface area contributed by atoms with Crippen LogP contribution in [0.1, 0.15) is 278 Å². The number of rotatable bonds is 49. The lowest BCUT2D eigenvalue weighted by molar-refractivity contribution is -0.155. The summed E-state index contributed by atoms with van der Waals surface area (Å²) in [6.45, 7) is 7.71. The number of unbranched alkanes of at least 4 members (excludes halogenated alkanes) is 32. The molecule has 0 aliphatic carbocycles. The number of allylic oxidation sites excluding steroid dienone is 6. The van der Waals surface area contributed by atoms with Crippen LogP contribution >= 0.6 is 0 Å². The monoisotopic (exact) mass is 843 g/mol. The van der Waals surface area contributed by atoms with Crippen LogP contribution in [0.15, 0.2) is 36.5 Å². The Morgan fingerprint density at radius 1 is 0.350 bits per heavy atom. The minimum absolute atomic E-state index is 0.151. The molecule has 0 rings (SSSR count). The van der Waals surface area contributed by atoms with Gasteiger partial charge in [0.1, 0.15) is 19.3 Å². The van der Waals surface area contributed by atoms with Crippen molar-refractivity contribution in [2.75, 3.05) is 19.8 Å². The van der Waals surface area contributed by atoms with Gasteiger partial charge in [-0.15, -0.1) is 0 Å². The lowest BCUT2D eigenvalue weighted by Crippen LogP contribution is -2.29. The standard InChI is InChI=1S/C55H102O5/c1-4-7-10-13-16-19-22-24-26-28-29-31-34-37-40-43-46-49-55(57)60-52-53(51-59-54(56)48-45-42-39-36-33-21-18-15-12-9-6-3)58-50-47-44-41-38-35-32-30-27-25-23-20-17-14-11-8-5-2/h16,19,24,26,29,31,53H,4-15,17-18,20-23,25,27-28,30,32-52H2,1-3H3/b19-16-,26-24-,31-29-/t53-/m0/s1. The highest BCUT2D eigenvalue weighted by Crippen LogP contribution is 2.16. The van der Waals surface area contributed by atoms with E-state index in [0.29, 0.717) is 19.4 Å². The van der Waals surface area contributed by atoms with Gasteiger partial charge >= 0.3 is 11.9 Å². The number of hydrogen-bond donors (Lipinski definition) is 0. The van der Waals surface area contributed by atoms with E-state index in [-0.39, 0.29) is 25.2 Å². The van der Waals surface area contributed by atoms with Gasteiger partial charge in [-0.2, -0.15) is 0 Å². The van der Waals surface area contributed by atoms with Gasteiger partial charge < -0.3 is 14.2 Å². The molecular formula is C55H102O5. The maximum Gasteiger partial charge on any atom is 0.305 e. The van der Waals surface area contributed by atoms with Crippen LogP contribution in [0.25, 0.3) is 0 Å². The summed E-state index contributed by atoms with van der Waals surface area (Å²) < 4.78 is 17.4. The number of ether oxygens (including phenoxy) is 3. The van der Waals surface area contributed by atoms with E-state index in [2.05, 4.69) is 57.2 Å². The van der Waals surface area contributed by atoms with Crippen LogP contribution < -0.4 is 0 Å². The van der Waals surface area contributed by atoms with E-state index < -0.39 is 6.10 Å². The number of esters is 2. The van der Waals surface area contributed by atoms with Gasteiger partial charge in [-0.05, 0) is 57.8 Å². The molecule has 0 unspecified atom stereocenters. The molecule has 60 heavy (non-hydrogen) atoms. The lowest BCUT2D eigenvalue weighted by Gasteiger charge is -2.18. The van der Waals surface area contributed by atoms with Gasteiger partial charge in [-0.25, -0.2) is 0 Å². The molecule has 0 saturated heterocycles. The van der Waals surface area contributed by atoms with Gasteiger partial charge in [0, 0.05) is 19.4 Å². The third-order valence-corrected chi connectivity index (χ3v) is 11.7. The zero-order chi connectivity index (χ0) is 43.5. The molecule has 0 spiro atoms. The fourth-order valence-electron chi connectivity index (χ4n) is 7.67. The summed E-state index contributed by atoms with van der Waals surface area (Å²) in [6, 6.07) is 0. The van der Waals surface area contributed by atoms with Crippen LogP contribution in [0, 0.1) is 0 Å². The second kappa shape index (κ2) is 51.5. The predicted octanol–water partition coefficient (Wildman–Crippen LogP) is 17.8. The maximum absolute atomic E-state index is 12.6. The van der Waals surface area contributed by atoms with Gasteiger partial charge in [0.25, 0.3) is 0 Å². The molecule has 0 fully saturated rings. The highest BCUT2D eigenvalue weighted by Gasteiger charge is 2.16. The van der Waals surface area contributed by atoms with Crippen molar-refractivity contribution in [3.8, 4) is 0 Å². The summed E-state index contributed by atoms with van der Waals surface area (Å²) in [5.41, 5.74) is 0. The first-order chi connectivity index (χ1) is 29.6. The average Bonchev–Trinajstić information content (AvgIpc) is 3.25. The molecule has 0 N–H and O–H groups in total. The van der Waals surface area contributed by atoms with Crippen LogP contribution in [0.4, 0.5) is 0 Å². The molecule has 0 amide bonds. The topological polar surface area (TPSA) is 61.8 Å². The third kappa shape index (κ3) is 48.8. The summed E-state index contributed by atoms with van der Waals surface area (Å²) >= 11 is 0. The van der Waals surface area contributed by atoms with Crippen LogP contribution in [-0.4, -0.2) is 37.9 Å². The number of hydrogen-bond acceptors (Lipinski definition) is 5. The lowest BCUT2D eigenvalue weighted by atomic mass is 10.0. The Morgan fingerprint density at radius 2 is 0.633 bits per heavy atom. The summed E-state index contributed by atoms with van der Waals surface area (Å²) in [6.07, 6.45) is 61.7. The van der Waals surface area contributed by atoms with Crippen molar-refractivity contribution in [2.45, 2.75) is 284 Å². The minimum atomic E-state index is -0.403. The van der Waals surface area contributed by atoms with Gasteiger partial charge in [0.2, 0.25) is 0 Å². The molecule has 0 bridgehead atoms. The second-order valence-corrected chi connectivity index (χ2v) is 17.8.